The summed E-state index contributed by atoms with van der Waals surface area (Å²) in [6, 6.07) is 19.5. The quantitative estimate of drug-likeness (QED) is 0.557. The van der Waals surface area contributed by atoms with Crippen LogP contribution in [0.25, 0.3) is 11.4 Å². The molecule has 0 spiro atoms. The number of hydrogen-bond acceptors (Lipinski definition) is 3. The molecule has 5 nitrogen and oxygen atoms in total. The average Bonchev–Trinajstić information content (AvgIpc) is 2.83. The first-order chi connectivity index (χ1) is 8.84. The first-order valence-electron chi connectivity index (χ1n) is 5.60. The van der Waals surface area contributed by atoms with Gasteiger partial charge in [0, 0.05) is 9.90 Å². The molecule has 0 bridgehead atoms. The Labute approximate surface area is 116 Å². The maximum Gasteiger partial charge on any atom is 0.399 e. The molecule has 0 aliphatic heterocycles. The summed E-state index contributed by atoms with van der Waals surface area (Å²) in [5.41, 5.74) is 7.51. The van der Waals surface area contributed by atoms with Gasteiger partial charge in [-0.15, -0.1) is 0 Å². The standard InChI is InChI=1S/C13H12N5.ClH/c14-13-15-17(11-7-3-1-4-8-11)18(16-13)12-9-5-2-6-10-12;/h1-10H,(H2,14,15,16);1H/q+1;/p-1. The van der Waals surface area contributed by atoms with Crippen LogP contribution in [0.15, 0.2) is 60.7 Å². The Kier molecular flexibility index (Phi) is 3.77. The van der Waals surface area contributed by atoms with E-state index in [1.807, 2.05) is 60.7 Å². The largest absolute Gasteiger partial charge is 1.00 e. The fourth-order valence-electron chi connectivity index (χ4n) is 1.76. The first-order valence-corrected chi connectivity index (χ1v) is 5.60. The minimum Gasteiger partial charge on any atom is -1.00 e. The summed E-state index contributed by atoms with van der Waals surface area (Å²) < 4.78 is 0. The molecule has 6 heteroatoms. The topological polar surface area (TPSA) is 60.6 Å². The second-order valence-electron chi connectivity index (χ2n) is 3.81. The Morgan fingerprint density at radius 1 is 0.895 bits per heavy atom. The van der Waals surface area contributed by atoms with Crippen molar-refractivity contribution in [2.24, 2.45) is 0 Å². The van der Waals surface area contributed by atoms with Crippen LogP contribution in [0.1, 0.15) is 0 Å². The van der Waals surface area contributed by atoms with Gasteiger partial charge in [-0.2, -0.15) is 0 Å². The number of halogens is 1. The predicted molar refractivity (Wildman–Crippen MR) is 67.3 cm³/mol. The molecule has 19 heavy (non-hydrogen) atoms. The van der Waals surface area contributed by atoms with Crippen molar-refractivity contribution in [3.63, 3.8) is 0 Å². The van der Waals surface area contributed by atoms with Crippen LogP contribution >= 0.6 is 0 Å². The molecule has 0 saturated carbocycles. The molecule has 0 aliphatic rings. The zero-order chi connectivity index (χ0) is 12.4. The van der Waals surface area contributed by atoms with Crippen LogP contribution in [0, 0.1) is 0 Å². The van der Waals surface area contributed by atoms with Gasteiger partial charge in [0.15, 0.2) is 5.69 Å². The van der Waals surface area contributed by atoms with Crippen LogP contribution in [0.4, 0.5) is 5.95 Å². The van der Waals surface area contributed by atoms with E-state index in [1.165, 1.54) is 0 Å². The molecule has 0 radical (unpaired) electrons. The lowest BCUT2D eigenvalue weighted by Gasteiger charge is -1.98. The molecule has 3 aromatic rings. The number of benzene rings is 2. The molecular weight excluding hydrogens is 262 g/mol. The lowest BCUT2D eigenvalue weighted by molar-refractivity contribution is -0.734. The maximum atomic E-state index is 5.69. The number of hydrogen-bond donors (Lipinski definition) is 1. The molecule has 0 unspecified atom stereocenters. The minimum absolute atomic E-state index is 0. The lowest BCUT2D eigenvalue weighted by Crippen LogP contribution is -3.00. The van der Waals surface area contributed by atoms with E-state index in [1.54, 1.807) is 9.59 Å². The Bertz CT molecular complexity index is 594. The summed E-state index contributed by atoms with van der Waals surface area (Å²) in [6.07, 6.45) is 0. The molecule has 1 aromatic heterocycles. The van der Waals surface area contributed by atoms with Gasteiger partial charge in [-0.05, 0) is 29.1 Å². The molecule has 0 saturated heterocycles. The SMILES string of the molecule is Nc1nn(-c2ccccc2)[n+](-c2ccccc2)n1.[Cl-]. The predicted octanol–water partition coefficient (Wildman–Crippen LogP) is -1.87. The highest BCUT2D eigenvalue weighted by atomic mass is 35.5. The van der Waals surface area contributed by atoms with Crippen molar-refractivity contribution in [2.45, 2.75) is 0 Å². The van der Waals surface area contributed by atoms with E-state index in [4.69, 9.17) is 5.73 Å². The number of nitrogens with zero attached hydrogens (tertiary/aromatic N) is 4. The van der Waals surface area contributed by atoms with Crippen molar-refractivity contribution in [3.8, 4) is 11.4 Å². The van der Waals surface area contributed by atoms with Gasteiger partial charge in [0.1, 0.15) is 5.69 Å². The molecule has 0 amide bonds. The van der Waals surface area contributed by atoms with E-state index in [-0.39, 0.29) is 18.4 Å². The van der Waals surface area contributed by atoms with Crippen LogP contribution in [0.2, 0.25) is 0 Å². The van der Waals surface area contributed by atoms with Crippen molar-refractivity contribution < 1.29 is 17.2 Å². The third-order valence-corrected chi connectivity index (χ3v) is 2.55. The van der Waals surface area contributed by atoms with Crippen molar-refractivity contribution in [1.82, 2.24) is 15.0 Å². The lowest BCUT2D eigenvalue weighted by atomic mass is 10.3. The number of aromatic nitrogens is 4. The summed E-state index contributed by atoms with van der Waals surface area (Å²) in [5.74, 6) is 0.239. The third-order valence-electron chi connectivity index (χ3n) is 2.55. The average molecular weight is 274 g/mol. The molecular formula is C13H12ClN5. The van der Waals surface area contributed by atoms with Gasteiger partial charge in [-0.1, -0.05) is 36.4 Å². The Morgan fingerprint density at radius 3 is 2.11 bits per heavy atom. The van der Waals surface area contributed by atoms with E-state index in [0.717, 1.165) is 11.4 Å². The van der Waals surface area contributed by atoms with Gasteiger partial charge in [-0.3, -0.25) is 0 Å². The molecule has 2 N–H and O–H groups in total. The molecule has 0 aliphatic carbocycles. The number of para-hydroxylation sites is 2. The van der Waals surface area contributed by atoms with E-state index >= 15 is 0 Å². The summed E-state index contributed by atoms with van der Waals surface area (Å²) in [5, 5.41) is 8.41. The normalized spacial score (nSPS) is 9.89. The van der Waals surface area contributed by atoms with Gasteiger partial charge in [0.25, 0.3) is 0 Å². The van der Waals surface area contributed by atoms with Crippen LogP contribution in [0.5, 0.6) is 0 Å². The maximum absolute atomic E-state index is 5.69. The zero-order valence-electron chi connectivity index (χ0n) is 10.0. The third kappa shape index (κ3) is 2.56. The number of nitrogens with two attached hydrogens (primary N) is 1. The number of rotatable bonds is 2. The molecule has 96 valence electrons. The smallest absolute Gasteiger partial charge is 0.399 e. The second-order valence-corrected chi connectivity index (χ2v) is 3.81. The van der Waals surface area contributed by atoms with E-state index in [2.05, 4.69) is 10.2 Å². The van der Waals surface area contributed by atoms with Crippen LogP contribution < -0.4 is 22.9 Å². The second kappa shape index (κ2) is 5.49. The van der Waals surface area contributed by atoms with Crippen molar-refractivity contribution >= 4 is 5.95 Å². The summed E-state index contributed by atoms with van der Waals surface area (Å²) in [7, 11) is 0. The van der Waals surface area contributed by atoms with Gasteiger partial charge in [0.05, 0.1) is 5.10 Å². The number of tetrazole rings is 1. The van der Waals surface area contributed by atoms with Gasteiger partial charge < -0.3 is 18.1 Å². The molecule has 3 rings (SSSR count). The summed E-state index contributed by atoms with van der Waals surface area (Å²) >= 11 is 0. The van der Waals surface area contributed by atoms with Crippen LogP contribution in [-0.2, 0) is 0 Å². The number of anilines is 1. The Balaban J connectivity index is 0.00000133. The first kappa shape index (κ1) is 13.0. The highest BCUT2D eigenvalue weighted by Crippen LogP contribution is 2.05. The molecule has 0 atom stereocenters. The van der Waals surface area contributed by atoms with E-state index in [9.17, 15) is 0 Å². The molecule has 2 aromatic carbocycles. The zero-order valence-corrected chi connectivity index (χ0v) is 10.8. The molecule has 1 heterocycles. The van der Waals surface area contributed by atoms with E-state index in [0.29, 0.717) is 0 Å². The van der Waals surface area contributed by atoms with Crippen molar-refractivity contribution in [1.29, 1.82) is 0 Å². The fraction of sp³-hybridized carbons (Fsp3) is 0. The minimum atomic E-state index is 0. The van der Waals surface area contributed by atoms with Crippen LogP contribution in [0.3, 0.4) is 0 Å². The van der Waals surface area contributed by atoms with Crippen molar-refractivity contribution in [3.05, 3.63) is 60.7 Å². The van der Waals surface area contributed by atoms with Crippen molar-refractivity contribution in [2.75, 3.05) is 5.73 Å². The monoisotopic (exact) mass is 273 g/mol. The van der Waals surface area contributed by atoms with Gasteiger partial charge in [-0.25, -0.2) is 0 Å². The van der Waals surface area contributed by atoms with Gasteiger partial charge >= 0.3 is 5.95 Å². The Hall–Kier alpha value is -2.40. The van der Waals surface area contributed by atoms with Crippen LogP contribution in [-0.4, -0.2) is 15.0 Å². The highest BCUT2D eigenvalue weighted by Gasteiger charge is 2.19. The summed E-state index contributed by atoms with van der Waals surface area (Å²) in [6.45, 7) is 0. The Morgan fingerprint density at radius 2 is 1.47 bits per heavy atom. The summed E-state index contributed by atoms with van der Waals surface area (Å²) in [4.78, 5) is 3.34. The number of nitrogen functional groups attached to an aromatic ring is 1. The van der Waals surface area contributed by atoms with E-state index < -0.39 is 0 Å². The fourth-order valence-corrected chi connectivity index (χ4v) is 1.76. The highest BCUT2D eigenvalue weighted by molar-refractivity contribution is 5.29. The molecule has 0 fully saturated rings. The van der Waals surface area contributed by atoms with Gasteiger partial charge in [0.2, 0.25) is 0 Å².